The van der Waals surface area contributed by atoms with Crippen molar-refractivity contribution in [3.8, 4) is 0 Å². The van der Waals surface area contributed by atoms with Crippen LogP contribution in [0.1, 0.15) is 6.42 Å². The fourth-order valence-electron chi connectivity index (χ4n) is 0.946. The van der Waals surface area contributed by atoms with Crippen molar-refractivity contribution in [2.24, 2.45) is 5.73 Å². The standard InChI is InChI=1S/C8H21NO2Si/c1-10-4-5-11-6-8-12-7-2-3-9/h2-9,12H2,1H3. The van der Waals surface area contributed by atoms with E-state index in [9.17, 15) is 0 Å². The second-order valence-electron chi connectivity index (χ2n) is 2.81. The van der Waals surface area contributed by atoms with E-state index in [0.717, 1.165) is 19.8 Å². The Bertz CT molecular complexity index is 73.5. The van der Waals surface area contributed by atoms with E-state index in [-0.39, 0.29) is 9.52 Å². The molecule has 0 bridgehead atoms. The predicted octanol–water partition coefficient (Wildman–Crippen LogP) is 0.00360. The molecular formula is C8H21NO2Si. The average molecular weight is 191 g/mol. The summed E-state index contributed by atoms with van der Waals surface area (Å²) in [6, 6.07) is 2.65. The SMILES string of the molecule is COCCOCC[SiH2]CCCN. The van der Waals surface area contributed by atoms with Crippen LogP contribution in [0.2, 0.25) is 12.1 Å². The molecule has 0 unspecified atom stereocenters. The fraction of sp³-hybridized carbons (Fsp3) is 1.00. The van der Waals surface area contributed by atoms with Crippen molar-refractivity contribution in [2.45, 2.75) is 18.5 Å². The van der Waals surface area contributed by atoms with Crippen molar-refractivity contribution in [1.82, 2.24) is 0 Å². The molecule has 0 amide bonds. The quantitative estimate of drug-likeness (QED) is 0.412. The molecule has 0 aliphatic carbocycles. The van der Waals surface area contributed by atoms with Crippen molar-refractivity contribution >= 4 is 9.52 Å². The Morgan fingerprint density at radius 1 is 1.17 bits per heavy atom. The van der Waals surface area contributed by atoms with E-state index < -0.39 is 0 Å². The third-order valence-corrected chi connectivity index (χ3v) is 3.46. The molecule has 0 rings (SSSR count). The van der Waals surface area contributed by atoms with E-state index in [2.05, 4.69) is 0 Å². The smallest absolute Gasteiger partial charge is 0.0700 e. The number of nitrogens with two attached hydrogens (primary N) is 1. The van der Waals surface area contributed by atoms with Gasteiger partial charge >= 0.3 is 0 Å². The Hall–Kier alpha value is 0.0969. The lowest BCUT2D eigenvalue weighted by atomic mass is 10.5. The monoisotopic (exact) mass is 191 g/mol. The molecule has 2 N–H and O–H groups in total. The van der Waals surface area contributed by atoms with Gasteiger partial charge in [-0.3, -0.25) is 0 Å². The molecule has 0 aromatic heterocycles. The summed E-state index contributed by atoms with van der Waals surface area (Å²) in [5, 5.41) is 0. The molecule has 0 aliphatic heterocycles. The Kier molecular flexibility index (Phi) is 11.2. The Balaban J connectivity index is 2.73. The zero-order chi connectivity index (χ0) is 9.07. The highest BCUT2D eigenvalue weighted by molar-refractivity contribution is 6.35. The first-order valence-electron chi connectivity index (χ1n) is 4.68. The molecule has 0 atom stereocenters. The van der Waals surface area contributed by atoms with Gasteiger partial charge in [0.05, 0.1) is 13.2 Å². The summed E-state index contributed by atoms with van der Waals surface area (Å²) in [5.41, 5.74) is 5.38. The molecule has 0 radical (unpaired) electrons. The van der Waals surface area contributed by atoms with Crippen LogP contribution in [-0.4, -0.2) is 43.0 Å². The van der Waals surface area contributed by atoms with Gasteiger partial charge in [0.1, 0.15) is 0 Å². The van der Waals surface area contributed by atoms with E-state index >= 15 is 0 Å². The Morgan fingerprint density at radius 3 is 2.67 bits per heavy atom. The highest BCUT2D eigenvalue weighted by Crippen LogP contribution is 1.90. The van der Waals surface area contributed by atoms with Gasteiger partial charge in [0.2, 0.25) is 0 Å². The van der Waals surface area contributed by atoms with Gasteiger partial charge < -0.3 is 15.2 Å². The van der Waals surface area contributed by atoms with Crippen molar-refractivity contribution in [3.63, 3.8) is 0 Å². The van der Waals surface area contributed by atoms with Crippen LogP contribution in [0.4, 0.5) is 0 Å². The van der Waals surface area contributed by atoms with E-state index in [1.807, 2.05) is 0 Å². The molecule has 0 saturated heterocycles. The lowest BCUT2D eigenvalue weighted by Gasteiger charge is -2.02. The fourth-order valence-corrected chi connectivity index (χ4v) is 2.35. The molecule has 0 aromatic carbocycles. The maximum Gasteiger partial charge on any atom is 0.0700 e. The molecule has 0 spiro atoms. The van der Waals surface area contributed by atoms with E-state index in [1.54, 1.807) is 7.11 Å². The molecule has 0 aliphatic rings. The van der Waals surface area contributed by atoms with Gasteiger partial charge in [0.25, 0.3) is 0 Å². The van der Waals surface area contributed by atoms with Gasteiger partial charge in [0.15, 0.2) is 0 Å². The molecule has 74 valence electrons. The topological polar surface area (TPSA) is 44.5 Å². The molecule has 0 fully saturated rings. The minimum Gasteiger partial charge on any atom is -0.382 e. The molecule has 3 nitrogen and oxygen atoms in total. The summed E-state index contributed by atoms with van der Waals surface area (Å²) in [4.78, 5) is 0. The summed E-state index contributed by atoms with van der Waals surface area (Å²) in [6.07, 6.45) is 1.20. The third-order valence-electron chi connectivity index (χ3n) is 1.67. The number of ether oxygens (including phenoxy) is 2. The van der Waals surface area contributed by atoms with Gasteiger partial charge in [-0.25, -0.2) is 0 Å². The van der Waals surface area contributed by atoms with Gasteiger partial charge in [0, 0.05) is 23.2 Å². The Morgan fingerprint density at radius 2 is 2.00 bits per heavy atom. The lowest BCUT2D eigenvalue weighted by molar-refractivity contribution is 0.0776. The third kappa shape index (κ3) is 10.1. The zero-order valence-corrected chi connectivity index (χ0v) is 9.46. The van der Waals surface area contributed by atoms with E-state index in [0.29, 0.717) is 6.61 Å². The summed E-state index contributed by atoms with van der Waals surface area (Å²) in [5.74, 6) is 0. The highest BCUT2D eigenvalue weighted by Gasteiger charge is 1.90. The van der Waals surface area contributed by atoms with Crippen LogP contribution < -0.4 is 5.73 Å². The largest absolute Gasteiger partial charge is 0.382 e. The number of hydrogen-bond acceptors (Lipinski definition) is 3. The van der Waals surface area contributed by atoms with Crippen LogP contribution in [0.5, 0.6) is 0 Å². The maximum absolute atomic E-state index is 5.38. The zero-order valence-electron chi connectivity index (χ0n) is 8.05. The Labute approximate surface area is 77.4 Å². The number of hydrogen-bond donors (Lipinski definition) is 1. The van der Waals surface area contributed by atoms with Crippen molar-refractivity contribution in [1.29, 1.82) is 0 Å². The summed E-state index contributed by atoms with van der Waals surface area (Å²) in [6.45, 7) is 3.21. The van der Waals surface area contributed by atoms with E-state index in [4.69, 9.17) is 15.2 Å². The first-order chi connectivity index (χ1) is 5.91. The minimum absolute atomic E-state index is 0.120. The van der Waals surface area contributed by atoms with Crippen molar-refractivity contribution in [3.05, 3.63) is 0 Å². The first-order valence-corrected chi connectivity index (χ1v) is 6.68. The van der Waals surface area contributed by atoms with E-state index in [1.165, 1.54) is 18.5 Å². The molecule has 0 aromatic rings. The van der Waals surface area contributed by atoms with Crippen LogP contribution in [0.3, 0.4) is 0 Å². The second kappa shape index (κ2) is 11.1. The van der Waals surface area contributed by atoms with Crippen LogP contribution in [-0.2, 0) is 9.47 Å². The number of methoxy groups -OCH3 is 1. The van der Waals surface area contributed by atoms with Crippen LogP contribution in [0.15, 0.2) is 0 Å². The predicted molar refractivity (Wildman–Crippen MR) is 54.5 cm³/mol. The first kappa shape index (κ1) is 12.1. The molecule has 0 heterocycles. The maximum atomic E-state index is 5.38. The van der Waals surface area contributed by atoms with Crippen LogP contribution >= 0.6 is 0 Å². The van der Waals surface area contributed by atoms with Gasteiger partial charge in [-0.2, -0.15) is 0 Å². The molecule has 0 saturated carbocycles. The summed E-state index contributed by atoms with van der Waals surface area (Å²) < 4.78 is 10.2. The van der Waals surface area contributed by atoms with Crippen LogP contribution in [0, 0.1) is 0 Å². The van der Waals surface area contributed by atoms with Crippen LogP contribution in [0.25, 0.3) is 0 Å². The lowest BCUT2D eigenvalue weighted by Crippen LogP contribution is -2.06. The molecule has 4 heteroatoms. The van der Waals surface area contributed by atoms with Crippen molar-refractivity contribution < 1.29 is 9.47 Å². The minimum atomic E-state index is 0.120. The molecular weight excluding hydrogens is 170 g/mol. The summed E-state index contributed by atoms with van der Waals surface area (Å²) >= 11 is 0. The van der Waals surface area contributed by atoms with Gasteiger partial charge in [-0.05, 0) is 19.0 Å². The second-order valence-corrected chi connectivity index (χ2v) is 4.93. The van der Waals surface area contributed by atoms with Gasteiger partial charge in [-0.15, -0.1) is 0 Å². The van der Waals surface area contributed by atoms with Crippen molar-refractivity contribution in [2.75, 3.05) is 33.5 Å². The highest BCUT2D eigenvalue weighted by atomic mass is 28.2. The average Bonchev–Trinajstić information content (AvgIpc) is 2.10. The molecule has 12 heavy (non-hydrogen) atoms. The number of rotatable bonds is 9. The normalized spacial score (nSPS) is 11.5. The van der Waals surface area contributed by atoms with Gasteiger partial charge in [-0.1, -0.05) is 6.04 Å². The summed E-state index contributed by atoms with van der Waals surface area (Å²) in [7, 11) is 1.81.